The summed E-state index contributed by atoms with van der Waals surface area (Å²) >= 11 is 0. The Labute approximate surface area is 279 Å². The van der Waals surface area contributed by atoms with Crippen LogP contribution in [0.3, 0.4) is 0 Å². The largest absolute Gasteiger partial charge is 0.488 e. The second-order valence-electron chi connectivity index (χ2n) is 12.9. The van der Waals surface area contributed by atoms with E-state index in [1.807, 2.05) is 55.5 Å². The van der Waals surface area contributed by atoms with Crippen LogP contribution >= 0.6 is 0 Å². The third-order valence-corrected chi connectivity index (χ3v) is 9.60. The van der Waals surface area contributed by atoms with Gasteiger partial charge in [0.25, 0.3) is 0 Å². The number of alkyl carbamates (subject to hydrolysis) is 1. The first-order valence-electron chi connectivity index (χ1n) is 16.8. The molecule has 0 unspecified atom stereocenters. The van der Waals surface area contributed by atoms with Gasteiger partial charge in [0.15, 0.2) is 0 Å². The molecular weight excluding hydrogens is 612 g/mol. The van der Waals surface area contributed by atoms with Crippen molar-refractivity contribution in [1.29, 1.82) is 0 Å². The van der Waals surface area contributed by atoms with Gasteiger partial charge in [0, 0.05) is 29.4 Å². The Morgan fingerprint density at radius 1 is 1.17 bits per heavy atom. The lowest BCUT2D eigenvalue weighted by molar-refractivity contribution is -0.145. The van der Waals surface area contributed by atoms with Gasteiger partial charge in [-0.05, 0) is 49.8 Å². The number of aromatic nitrogens is 1. The van der Waals surface area contributed by atoms with Gasteiger partial charge < -0.3 is 30.1 Å². The predicted octanol–water partition coefficient (Wildman–Crippen LogP) is 5.02. The van der Waals surface area contributed by atoms with Crippen molar-refractivity contribution in [3.8, 4) is 17.0 Å². The smallest absolute Gasteiger partial charge is 0.407 e. The molecule has 3 aliphatic rings. The zero-order valence-electron chi connectivity index (χ0n) is 27.2. The predicted molar refractivity (Wildman–Crippen MR) is 179 cm³/mol. The molecule has 3 heterocycles. The molecule has 11 heteroatoms. The highest BCUT2D eigenvalue weighted by Gasteiger charge is 2.61. The molecule has 5 atom stereocenters. The van der Waals surface area contributed by atoms with Crippen molar-refractivity contribution < 1.29 is 33.8 Å². The van der Waals surface area contributed by atoms with E-state index in [0.717, 1.165) is 47.0 Å². The zero-order valence-corrected chi connectivity index (χ0v) is 27.2. The Morgan fingerprint density at radius 2 is 1.98 bits per heavy atom. The summed E-state index contributed by atoms with van der Waals surface area (Å²) in [6.45, 7) is 5.96. The molecule has 0 radical (unpaired) electrons. The number of benzene rings is 2. The number of carboxylic acid groups (broad SMARTS) is 1. The second kappa shape index (κ2) is 14.0. The molecule has 1 saturated carbocycles. The summed E-state index contributed by atoms with van der Waals surface area (Å²) < 4.78 is 12.2. The molecule has 1 aliphatic carbocycles. The lowest BCUT2D eigenvalue weighted by atomic mass is 10.0. The van der Waals surface area contributed by atoms with Crippen molar-refractivity contribution in [3.05, 3.63) is 72.8 Å². The van der Waals surface area contributed by atoms with Crippen LogP contribution in [0.2, 0.25) is 0 Å². The number of hydrogen-bond donors (Lipinski definition) is 3. The maximum absolute atomic E-state index is 14.2. The molecular formula is C37H42N4O7. The summed E-state index contributed by atoms with van der Waals surface area (Å²) in [4.78, 5) is 59.5. The lowest BCUT2D eigenvalue weighted by Gasteiger charge is -2.29. The highest BCUT2D eigenvalue weighted by atomic mass is 16.5. The Morgan fingerprint density at radius 3 is 2.71 bits per heavy atom. The van der Waals surface area contributed by atoms with E-state index in [1.54, 1.807) is 0 Å². The average Bonchev–Trinajstić information content (AvgIpc) is 3.65. The highest BCUT2D eigenvalue weighted by molar-refractivity contribution is 5.96. The van der Waals surface area contributed by atoms with Gasteiger partial charge in [-0.2, -0.15) is 0 Å². The second-order valence-corrected chi connectivity index (χ2v) is 12.9. The molecule has 0 spiro atoms. The number of hydrogen-bond acceptors (Lipinski definition) is 7. The summed E-state index contributed by atoms with van der Waals surface area (Å²) in [5.41, 5.74) is 2.01. The Balaban J connectivity index is 1.38. The van der Waals surface area contributed by atoms with Crippen molar-refractivity contribution >= 4 is 34.8 Å². The quantitative estimate of drug-likeness (QED) is 0.287. The van der Waals surface area contributed by atoms with E-state index in [0.29, 0.717) is 25.0 Å². The Kier molecular flexibility index (Phi) is 9.66. The van der Waals surface area contributed by atoms with Gasteiger partial charge in [-0.1, -0.05) is 62.2 Å². The molecule has 252 valence electrons. The van der Waals surface area contributed by atoms with Gasteiger partial charge in [-0.15, -0.1) is 6.58 Å². The van der Waals surface area contributed by atoms with Crippen LogP contribution in [0.1, 0.15) is 57.4 Å². The minimum atomic E-state index is -1.47. The maximum atomic E-state index is 14.2. The van der Waals surface area contributed by atoms with Crippen LogP contribution in [0.25, 0.3) is 22.2 Å². The van der Waals surface area contributed by atoms with Crippen molar-refractivity contribution in [1.82, 2.24) is 20.5 Å². The molecule has 11 nitrogen and oxygen atoms in total. The summed E-state index contributed by atoms with van der Waals surface area (Å²) in [6, 6.07) is 15.8. The van der Waals surface area contributed by atoms with Crippen LogP contribution in [0.4, 0.5) is 4.79 Å². The highest BCUT2D eigenvalue weighted by Crippen LogP contribution is 2.45. The molecule has 1 saturated heterocycles. The van der Waals surface area contributed by atoms with E-state index >= 15 is 0 Å². The molecule has 3 amide bonds. The number of nitrogens with zero attached hydrogens (tertiary/aromatic N) is 2. The van der Waals surface area contributed by atoms with E-state index < -0.39 is 53.5 Å². The van der Waals surface area contributed by atoms with E-state index in [1.165, 1.54) is 11.0 Å². The molecule has 6 rings (SSSR count). The number of carbonyl (C=O) groups is 4. The van der Waals surface area contributed by atoms with Crippen LogP contribution in [0.5, 0.6) is 5.75 Å². The van der Waals surface area contributed by atoms with Gasteiger partial charge in [0.2, 0.25) is 11.8 Å². The number of aliphatic carboxylic acids is 1. The maximum Gasteiger partial charge on any atom is 0.407 e. The number of ether oxygens (including phenoxy) is 2. The number of cyclic esters (lactones) is 1. The third kappa shape index (κ3) is 6.86. The number of fused-ring (bicyclic) bond motifs is 3. The monoisotopic (exact) mass is 654 g/mol. The number of carboxylic acids is 1. The molecule has 3 N–H and O–H groups in total. The lowest BCUT2D eigenvalue weighted by Crippen LogP contribution is -2.56. The first-order valence-corrected chi connectivity index (χ1v) is 16.8. The normalized spacial score (nSPS) is 25.8. The van der Waals surface area contributed by atoms with Gasteiger partial charge in [-0.25, -0.2) is 14.6 Å². The average molecular weight is 655 g/mol. The standard InChI is InChI=1S/C37H42N4O7/c1-3-5-14-29-34(43)41-22-26(19-31(41)33(42)40-37(35(44)45)21-25(37)4-2)48-32-20-30(24-12-7-6-8-13-24)38-28-16-15-23(18-27(28)32)11-9-10-17-47-36(46)39-29/h4,6-8,12-13,15-16,18,20,25-26,29,31H,2-3,5,9-11,14,17,19,21-22H2,1H3,(H,39,46)(H,40,42)(H,44,45)/t25-,26+,29-,31-,37+/m0/s1. The van der Waals surface area contributed by atoms with Gasteiger partial charge in [0.1, 0.15) is 29.5 Å². The number of aryl methyl sites for hydroxylation is 1. The van der Waals surface area contributed by atoms with Crippen molar-refractivity contribution in [2.24, 2.45) is 5.92 Å². The van der Waals surface area contributed by atoms with Crippen LogP contribution < -0.4 is 15.4 Å². The van der Waals surface area contributed by atoms with Crippen molar-refractivity contribution in [3.63, 3.8) is 0 Å². The van der Waals surface area contributed by atoms with Crippen LogP contribution in [-0.4, -0.2) is 75.7 Å². The number of pyridine rings is 1. The number of rotatable bonds is 8. The van der Waals surface area contributed by atoms with Crippen LogP contribution in [0, 0.1) is 5.92 Å². The fraction of sp³-hybridized carbons (Fsp3) is 0.432. The summed E-state index contributed by atoms with van der Waals surface area (Å²) in [7, 11) is 0. The van der Waals surface area contributed by atoms with E-state index in [2.05, 4.69) is 23.3 Å². The van der Waals surface area contributed by atoms with Gasteiger partial charge in [-0.3, -0.25) is 9.59 Å². The molecule has 48 heavy (non-hydrogen) atoms. The molecule has 2 aromatic carbocycles. The fourth-order valence-corrected chi connectivity index (χ4v) is 6.77. The van der Waals surface area contributed by atoms with Crippen LogP contribution in [-0.2, 0) is 25.5 Å². The Hall–Kier alpha value is -4.93. The molecule has 2 fully saturated rings. The third-order valence-electron chi connectivity index (χ3n) is 9.60. The van der Waals surface area contributed by atoms with E-state index in [4.69, 9.17) is 14.5 Å². The minimum Gasteiger partial charge on any atom is -0.488 e. The molecule has 2 aliphatic heterocycles. The summed E-state index contributed by atoms with van der Waals surface area (Å²) in [5, 5.41) is 16.3. The van der Waals surface area contributed by atoms with E-state index in [9.17, 15) is 24.3 Å². The van der Waals surface area contributed by atoms with Gasteiger partial charge in [0.05, 0.1) is 24.4 Å². The van der Waals surface area contributed by atoms with Crippen molar-refractivity contribution in [2.45, 2.75) is 82.0 Å². The first kappa shape index (κ1) is 33.0. The van der Waals surface area contributed by atoms with E-state index in [-0.39, 0.29) is 26.0 Å². The molecule has 3 aromatic rings. The SMILES string of the molecule is C=C[C@H]1C[C@]1(NC(=O)[C@@H]1C[C@@H]2CN1C(=O)[C@H](CCCC)NC(=O)OCCCCc1ccc3nc(-c4ccccc4)cc(c3c1)O2)C(=O)O. The number of amides is 3. The number of carbonyl (C=O) groups excluding carboxylic acids is 3. The molecule has 1 aromatic heterocycles. The van der Waals surface area contributed by atoms with Crippen molar-refractivity contribution in [2.75, 3.05) is 13.2 Å². The summed E-state index contributed by atoms with van der Waals surface area (Å²) in [5.74, 6) is -2.01. The minimum absolute atomic E-state index is 0.0609. The van der Waals surface area contributed by atoms with Crippen LogP contribution in [0.15, 0.2) is 67.3 Å². The summed E-state index contributed by atoms with van der Waals surface area (Å²) in [6.07, 6.45) is 4.58. The van der Waals surface area contributed by atoms with Gasteiger partial charge >= 0.3 is 12.1 Å². The first-order chi connectivity index (χ1) is 23.2. The molecule has 4 bridgehead atoms. The fourth-order valence-electron chi connectivity index (χ4n) is 6.77. The number of unbranched alkanes of at least 4 members (excludes halogenated alkanes) is 1. The topological polar surface area (TPSA) is 147 Å². The Bertz CT molecular complexity index is 1710. The zero-order chi connectivity index (χ0) is 33.8. The number of nitrogens with one attached hydrogen (secondary N) is 2.